The minimum absolute atomic E-state index is 0.0463. The molecule has 6 nitrogen and oxygen atoms in total. The number of likely N-dealkylation sites (tertiary alicyclic amines) is 1. The zero-order valence-electron chi connectivity index (χ0n) is 16.7. The maximum Gasteiger partial charge on any atom is 0.258 e. The summed E-state index contributed by atoms with van der Waals surface area (Å²) in [6.07, 6.45) is 6.36. The van der Waals surface area contributed by atoms with Gasteiger partial charge in [0.15, 0.2) is 11.5 Å². The van der Waals surface area contributed by atoms with Gasteiger partial charge in [0.25, 0.3) is 5.88 Å². The van der Waals surface area contributed by atoms with Crippen molar-refractivity contribution < 1.29 is 18.4 Å². The van der Waals surface area contributed by atoms with Crippen LogP contribution in [0.4, 0.5) is 0 Å². The Morgan fingerprint density at radius 2 is 2.00 bits per heavy atom. The topological polar surface area (TPSA) is 60.9 Å². The molecule has 0 saturated carbocycles. The van der Waals surface area contributed by atoms with Crippen LogP contribution in [-0.2, 0) is 13.0 Å². The second kappa shape index (κ2) is 9.01. The first-order valence-corrected chi connectivity index (χ1v) is 9.92. The van der Waals surface area contributed by atoms with Gasteiger partial charge in [-0.3, -0.25) is 4.90 Å². The van der Waals surface area contributed by atoms with Crippen molar-refractivity contribution in [3.05, 3.63) is 78.0 Å². The van der Waals surface area contributed by atoms with Crippen molar-refractivity contribution in [3.63, 3.8) is 0 Å². The number of nitrogens with zero attached hydrogens (tertiary/aromatic N) is 2. The molecule has 0 bridgehead atoms. The van der Waals surface area contributed by atoms with E-state index in [0.717, 1.165) is 30.0 Å². The molecule has 0 aliphatic carbocycles. The van der Waals surface area contributed by atoms with E-state index in [0.29, 0.717) is 30.4 Å². The highest BCUT2D eigenvalue weighted by Crippen LogP contribution is 2.36. The number of rotatable bonds is 9. The molecule has 6 heteroatoms. The highest BCUT2D eigenvalue weighted by atomic mass is 16.5. The summed E-state index contributed by atoms with van der Waals surface area (Å²) in [7, 11) is 1.63. The molecule has 1 unspecified atom stereocenters. The summed E-state index contributed by atoms with van der Waals surface area (Å²) in [4.78, 5) is 2.36. The molecule has 2 aromatic heterocycles. The number of hydrogen-bond donors (Lipinski definition) is 0. The summed E-state index contributed by atoms with van der Waals surface area (Å²) >= 11 is 0. The van der Waals surface area contributed by atoms with Gasteiger partial charge in [0.2, 0.25) is 0 Å². The second-order valence-corrected chi connectivity index (χ2v) is 7.12. The molecule has 0 radical (unpaired) electrons. The fourth-order valence-electron chi connectivity index (χ4n) is 3.78. The Morgan fingerprint density at radius 3 is 2.72 bits per heavy atom. The fraction of sp³-hybridized carbons (Fsp3) is 0.348. The Labute approximate surface area is 170 Å². The molecule has 1 aromatic carbocycles. The SMILES string of the molecule is C=CC(c1onc(OCc2ccccc2)c1Cc1occc1OC)N1CCCC1. The van der Waals surface area contributed by atoms with Crippen molar-refractivity contribution in [1.82, 2.24) is 10.1 Å². The average molecular weight is 394 g/mol. The van der Waals surface area contributed by atoms with Crippen molar-refractivity contribution in [2.24, 2.45) is 0 Å². The maximum absolute atomic E-state index is 6.04. The van der Waals surface area contributed by atoms with Crippen molar-refractivity contribution in [2.75, 3.05) is 20.2 Å². The third-order valence-corrected chi connectivity index (χ3v) is 5.29. The van der Waals surface area contributed by atoms with Gasteiger partial charge in [0.05, 0.1) is 25.0 Å². The molecule has 152 valence electrons. The fourth-order valence-corrected chi connectivity index (χ4v) is 3.78. The van der Waals surface area contributed by atoms with E-state index in [2.05, 4.69) is 16.6 Å². The lowest BCUT2D eigenvalue weighted by molar-refractivity contribution is 0.227. The predicted octanol–water partition coefficient (Wildman–Crippen LogP) is 4.77. The van der Waals surface area contributed by atoms with Gasteiger partial charge in [-0.2, -0.15) is 0 Å². The van der Waals surface area contributed by atoms with Gasteiger partial charge < -0.3 is 18.4 Å². The minimum atomic E-state index is -0.0463. The summed E-state index contributed by atoms with van der Waals surface area (Å²) in [6.45, 7) is 6.48. The molecule has 0 N–H and O–H groups in total. The summed E-state index contributed by atoms with van der Waals surface area (Å²) in [6, 6.07) is 11.8. The zero-order chi connectivity index (χ0) is 20.1. The normalized spacial score (nSPS) is 15.3. The predicted molar refractivity (Wildman–Crippen MR) is 109 cm³/mol. The summed E-state index contributed by atoms with van der Waals surface area (Å²) in [5, 5.41) is 4.25. The van der Waals surface area contributed by atoms with E-state index >= 15 is 0 Å². The van der Waals surface area contributed by atoms with Crippen molar-refractivity contribution in [1.29, 1.82) is 0 Å². The van der Waals surface area contributed by atoms with E-state index in [1.807, 2.05) is 36.4 Å². The molecule has 4 rings (SSSR count). The van der Waals surface area contributed by atoms with Gasteiger partial charge in [0.1, 0.15) is 12.4 Å². The Morgan fingerprint density at radius 1 is 1.21 bits per heavy atom. The lowest BCUT2D eigenvalue weighted by Gasteiger charge is -2.22. The van der Waals surface area contributed by atoms with Gasteiger partial charge >= 0.3 is 0 Å². The van der Waals surface area contributed by atoms with Gasteiger partial charge in [-0.15, -0.1) is 6.58 Å². The minimum Gasteiger partial charge on any atom is -0.493 e. The molecule has 1 aliphatic heterocycles. The van der Waals surface area contributed by atoms with Crippen LogP contribution in [0.2, 0.25) is 0 Å². The Bertz CT molecular complexity index is 926. The smallest absolute Gasteiger partial charge is 0.258 e. The molecule has 1 aliphatic rings. The van der Waals surface area contributed by atoms with Gasteiger partial charge in [-0.05, 0) is 36.7 Å². The van der Waals surface area contributed by atoms with Gasteiger partial charge in [-0.25, -0.2) is 0 Å². The molecule has 3 heterocycles. The van der Waals surface area contributed by atoms with Crippen LogP contribution in [0.25, 0.3) is 0 Å². The van der Waals surface area contributed by atoms with E-state index in [1.54, 1.807) is 19.4 Å². The number of methoxy groups -OCH3 is 1. The molecule has 3 aromatic rings. The Kier molecular flexibility index (Phi) is 6.00. The molecular formula is C23H26N2O4. The lowest BCUT2D eigenvalue weighted by Crippen LogP contribution is -2.24. The average Bonchev–Trinajstić information content (AvgIpc) is 3.51. The van der Waals surface area contributed by atoms with Gasteiger partial charge in [0, 0.05) is 12.5 Å². The van der Waals surface area contributed by atoms with E-state index in [1.165, 1.54) is 12.8 Å². The lowest BCUT2D eigenvalue weighted by atomic mass is 10.0. The van der Waals surface area contributed by atoms with Crippen LogP contribution in [-0.4, -0.2) is 30.3 Å². The number of hydrogen-bond acceptors (Lipinski definition) is 6. The van der Waals surface area contributed by atoms with E-state index < -0.39 is 0 Å². The Balaban J connectivity index is 1.64. The zero-order valence-corrected chi connectivity index (χ0v) is 16.7. The summed E-state index contributed by atoms with van der Waals surface area (Å²) < 4.78 is 22.9. The molecule has 1 atom stereocenters. The molecule has 1 fully saturated rings. The molecule has 1 saturated heterocycles. The van der Waals surface area contributed by atoms with Crippen LogP contribution in [0.1, 0.15) is 41.5 Å². The van der Waals surface area contributed by atoms with Crippen LogP contribution in [0, 0.1) is 0 Å². The monoisotopic (exact) mass is 394 g/mol. The quantitative estimate of drug-likeness (QED) is 0.487. The van der Waals surface area contributed by atoms with E-state index in [9.17, 15) is 0 Å². The number of furan rings is 1. The number of aromatic nitrogens is 1. The third-order valence-electron chi connectivity index (χ3n) is 5.29. The first kappa shape index (κ1) is 19.3. The number of benzene rings is 1. The molecule has 0 amide bonds. The second-order valence-electron chi connectivity index (χ2n) is 7.12. The van der Waals surface area contributed by atoms with E-state index in [4.69, 9.17) is 18.4 Å². The van der Waals surface area contributed by atoms with Crippen LogP contribution < -0.4 is 9.47 Å². The standard InChI is InChI=1S/C23H26N2O4/c1-3-19(25-12-7-8-13-25)22-18(15-21-20(26-2)11-14-27-21)23(24-29-22)28-16-17-9-5-4-6-10-17/h3-6,9-11,14,19H,1,7-8,12-13,15-16H2,2H3. The van der Waals surface area contributed by atoms with Crippen LogP contribution in [0.3, 0.4) is 0 Å². The molecule has 0 spiro atoms. The van der Waals surface area contributed by atoms with Crippen LogP contribution in [0.15, 0.2) is 64.3 Å². The van der Waals surface area contributed by atoms with Crippen molar-refractivity contribution in [3.8, 4) is 11.6 Å². The van der Waals surface area contributed by atoms with Crippen LogP contribution >= 0.6 is 0 Å². The Hall–Kier alpha value is -2.99. The van der Waals surface area contributed by atoms with Crippen LogP contribution in [0.5, 0.6) is 11.6 Å². The maximum atomic E-state index is 6.04. The summed E-state index contributed by atoms with van der Waals surface area (Å²) in [5.41, 5.74) is 1.93. The first-order chi connectivity index (χ1) is 14.3. The highest BCUT2D eigenvalue weighted by molar-refractivity contribution is 5.39. The van der Waals surface area contributed by atoms with E-state index in [-0.39, 0.29) is 6.04 Å². The highest BCUT2D eigenvalue weighted by Gasteiger charge is 2.30. The van der Waals surface area contributed by atoms with Gasteiger partial charge in [-0.1, -0.05) is 36.4 Å². The van der Waals surface area contributed by atoms with Crippen molar-refractivity contribution >= 4 is 0 Å². The largest absolute Gasteiger partial charge is 0.493 e. The molecule has 29 heavy (non-hydrogen) atoms. The summed E-state index contributed by atoms with van der Waals surface area (Å²) in [5.74, 6) is 2.64. The first-order valence-electron chi connectivity index (χ1n) is 9.92. The third kappa shape index (κ3) is 4.22. The molecular weight excluding hydrogens is 368 g/mol. The van der Waals surface area contributed by atoms with Crippen molar-refractivity contribution in [2.45, 2.75) is 31.9 Å². The number of ether oxygens (including phenoxy) is 2.